The van der Waals surface area contributed by atoms with Gasteiger partial charge in [0.05, 0.1) is 38.2 Å². The van der Waals surface area contributed by atoms with Gasteiger partial charge in [-0.15, -0.1) is 0 Å². The van der Waals surface area contributed by atoms with Crippen molar-refractivity contribution >= 4 is 37.1 Å². The van der Waals surface area contributed by atoms with Crippen LogP contribution >= 0.6 is 0 Å². The Morgan fingerprint density at radius 3 is 1.86 bits per heavy atom. The van der Waals surface area contributed by atoms with Crippen molar-refractivity contribution in [3.8, 4) is 0 Å². The largest absolute Gasteiger partial charge is 0.271 e. The van der Waals surface area contributed by atoms with Crippen molar-refractivity contribution in [1.82, 2.24) is 0 Å². The van der Waals surface area contributed by atoms with Crippen LogP contribution in [0.15, 0.2) is 88.7 Å². The van der Waals surface area contributed by atoms with Gasteiger partial charge in [-0.25, -0.2) is 16.8 Å². The highest BCUT2D eigenvalue weighted by atomic mass is 32.2. The second kappa shape index (κ2) is 9.00. The molecule has 0 fully saturated rings. The molecule has 1 aliphatic heterocycles. The van der Waals surface area contributed by atoms with Crippen LogP contribution in [0.3, 0.4) is 0 Å². The molecule has 0 radical (unpaired) electrons. The van der Waals surface area contributed by atoms with E-state index < -0.39 is 37.1 Å². The molecule has 0 bridgehead atoms. The van der Waals surface area contributed by atoms with Gasteiger partial charge in [0.15, 0.2) is 0 Å². The predicted molar refractivity (Wildman–Crippen MR) is 141 cm³/mol. The number of hydrogen-bond acceptors (Lipinski definition) is 6. The average molecular weight is 540 g/mol. The number of rotatable bonds is 5. The Hall–Kier alpha value is -3.70. The molecule has 0 saturated heterocycles. The molecule has 1 aliphatic carbocycles. The number of allylic oxidation sites excluding steroid dienone is 1. The molecule has 5 rings (SSSR count). The van der Waals surface area contributed by atoms with Gasteiger partial charge in [-0.3, -0.25) is 18.7 Å². The smallest absolute Gasteiger partial charge is 0.258 e. The van der Waals surface area contributed by atoms with Crippen molar-refractivity contribution in [2.45, 2.75) is 48.6 Å². The molecule has 3 aromatic rings. The van der Waals surface area contributed by atoms with E-state index in [1.807, 2.05) is 19.9 Å². The summed E-state index contributed by atoms with van der Waals surface area (Å²) in [5, 5.41) is 11.7. The third-order valence-corrected chi connectivity index (χ3v) is 10.4. The van der Waals surface area contributed by atoms with Gasteiger partial charge in [-0.2, -0.15) is 0 Å². The maximum Gasteiger partial charge on any atom is 0.271 e. The summed E-state index contributed by atoms with van der Waals surface area (Å²) >= 11 is 0. The Balaban J connectivity index is 1.78. The highest BCUT2D eigenvalue weighted by Gasteiger charge is 2.49. The molecule has 0 spiro atoms. The third kappa shape index (κ3) is 4.17. The number of hydrogen-bond donors (Lipinski definition) is 0. The average Bonchev–Trinajstić information content (AvgIpc) is 2.87. The first-order valence-corrected chi connectivity index (χ1v) is 14.6. The number of nitro benzene ring substituents is 1. The number of nitrogens with zero attached hydrogens (tertiary/aromatic N) is 3. The summed E-state index contributed by atoms with van der Waals surface area (Å²) in [4.78, 5) is 11.1. The van der Waals surface area contributed by atoms with Crippen LogP contribution in [0.5, 0.6) is 0 Å². The van der Waals surface area contributed by atoms with Gasteiger partial charge in [0.25, 0.3) is 25.7 Å². The van der Waals surface area contributed by atoms with E-state index in [-0.39, 0.29) is 26.9 Å². The molecule has 0 aromatic heterocycles. The summed E-state index contributed by atoms with van der Waals surface area (Å²) in [6, 6.07) is 14.7. The van der Waals surface area contributed by atoms with Crippen LogP contribution in [0.1, 0.15) is 24.0 Å². The van der Waals surface area contributed by atoms with E-state index in [0.29, 0.717) is 12.8 Å². The van der Waals surface area contributed by atoms with E-state index in [1.54, 1.807) is 30.3 Å². The molecule has 11 heteroatoms. The van der Waals surface area contributed by atoms with Crippen molar-refractivity contribution < 1.29 is 21.8 Å². The summed E-state index contributed by atoms with van der Waals surface area (Å²) < 4.78 is 58.4. The van der Waals surface area contributed by atoms with Gasteiger partial charge < -0.3 is 0 Å². The Bertz CT molecular complexity index is 1620. The summed E-state index contributed by atoms with van der Waals surface area (Å²) in [6.07, 6.45) is 4.42. The van der Waals surface area contributed by atoms with E-state index in [2.05, 4.69) is 0 Å². The molecule has 9 nitrogen and oxygen atoms in total. The Labute approximate surface area is 215 Å². The van der Waals surface area contributed by atoms with Crippen LogP contribution < -0.4 is 8.61 Å². The van der Waals surface area contributed by atoms with Crippen LogP contribution in [0.2, 0.25) is 0 Å². The lowest BCUT2D eigenvalue weighted by molar-refractivity contribution is -0.384. The van der Waals surface area contributed by atoms with E-state index >= 15 is 0 Å². The Morgan fingerprint density at radius 2 is 1.32 bits per heavy atom. The van der Waals surface area contributed by atoms with Crippen LogP contribution in [0, 0.1) is 24.0 Å². The van der Waals surface area contributed by atoms with E-state index in [4.69, 9.17) is 0 Å². The van der Waals surface area contributed by atoms with Crippen molar-refractivity contribution in [2.24, 2.45) is 0 Å². The molecule has 0 saturated carbocycles. The molecule has 192 valence electrons. The number of nitro groups is 1. The standard InChI is InChI=1S/C26H25N3O6S2/c1-18-7-12-21(13-8-18)36(32,33)27-23-5-3-4-6-24(23)28(26-17-20(29(30)31)11-16-25(26)27)37(34,35)22-14-9-19(2)10-15-22/h3,5,7-17,23-24H,4,6H2,1-2H3/t23-,24+/m1/s1. The first-order chi connectivity index (χ1) is 17.5. The maximum atomic E-state index is 14.0. The van der Waals surface area contributed by atoms with E-state index in [1.165, 1.54) is 45.0 Å². The Kier molecular flexibility index (Phi) is 6.07. The molecule has 2 atom stereocenters. The first-order valence-electron chi connectivity index (χ1n) is 11.7. The molecular formula is C26H25N3O6S2. The Morgan fingerprint density at radius 1 is 0.784 bits per heavy atom. The topological polar surface area (TPSA) is 118 Å². The lowest BCUT2D eigenvalue weighted by Gasteiger charge is -2.48. The normalized spacial score (nSPS) is 19.3. The lowest BCUT2D eigenvalue weighted by atomic mass is 9.93. The highest BCUT2D eigenvalue weighted by Crippen LogP contribution is 2.47. The summed E-state index contributed by atoms with van der Waals surface area (Å²) in [6.45, 7) is 3.69. The van der Waals surface area contributed by atoms with Crippen LogP contribution in [0.4, 0.5) is 17.1 Å². The number of aryl methyl sites for hydroxylation is 2. The van der Waals surface area contributed by atoms with Crippen molar-refractivity contribution in [1.29, 1.82) is 0 Å². The van der Waals surface area contributed by atoms with Gasteiger partial charge >= 0.3 is 0 Å². The van der Waals surface area contributed by atoms with Crippen LogP contribution in [0.25, 0.3) is 0 Å². The van der Waals surface area contributed by atoms with Gasteiger partial charge in [0.1, 0.15) is 0 Å². The minimum Gasteiger partial charge on any atom is -0.258 e. The minimum absolute atomic E-state index is 0.0266. The minimum atomic E-state index is -4.19. The van der Waals surface area contributed by atoms with Crippen molar-refractivity contribution in [3.63, 3.8) is 0 Å². The maximum absolute atomic E-state index is 14.0. The van der Waals surface area contributed by atoms with Gasteiger partial charge in [-0.1, -0.05) is 47.5 Å². The molecule has 0 unspecified atom stereocenters. The molecular weight excluding hydrogens is 514 g/mol. The molecule has 1 heterocycles. The summed E-state index contributed by atoms with van der Waals surface area (Å²) in [5.74, 6) is 0. The number of benzene rings is 3. The van der Waals surface area contributed by atoms with Crippen LogP contribution in [-0.4, -0.2) is 33.8 Å². The van der Waals surface area contributed by atoms with E-state index in [0.717, 1.165) is 17.2 Å². The summed E-state index contributed by atoms with van der Waals surface area (Å²) in [5.41, 5.74) is 1.46. The zero-order valence-corrected chi connectivity index (χ0v) is 21.8. The van der Waals surface area contributed by atoms with E-state index in [9.17, 15) is 26.9 Å². The quantitative estimate of drug-likeness (QED) is 0.263. The second-order valence-electron chi connectivity index (χ2n) is 9.22. The number of non-ortho nitro benzene ring substituents is 1. The highest BCUT2D eigenvalue weighted by molar-refractivity contribution is 7.93. The van der Waals surface area contributed by atoms with Gasteiger partial charge in [-0.05, 0) is 57.0 Å². The SMILES string of the molecule is Cc1ccc(S(=O)(=O)N2c3ccc([N+](=O)[O-])cc3N(S(=O)(=O)c3ccc(C)cc3)[C@H]3CCC=C[C@H]32)cc1. The molecule has 2 aliphatic rings. The number of fused-ring (bicyclic) bond motifs is 2. The van der Waals surface area contributed by atoms with Crippen LogP contribution in [-0.2, 0) is 20.0 Å². The predicted octanol–water partition coefficient (Wildman–Crippen LogP) is 4.70. The number of sulfonamides is 2. The van der Waals surface area contributed by atoms with Gasteiger partial charge in [0.2, 0.25) is 0 Å². The molecule has 0 N–H and O–H groups in total. The second-order valence-corrected chi connectivity index (χ2v) is 12.9. The lowest BCUT2D eigenvalue weighted by Crippen LogP contribution is -2.59. The van der Waals surface area contributed by atoms with Crippen molar-refractivity contribution in [2.75, 3.05) is 8.61 Å². The summed E-state index contributed by atoms with van der Waals surface area (Å²) in [7, 11) is -8.33. The van der Waals surface area contributed by atoms with Gasteiger partial charge in [0, 0.05) is 12.1 Å². The zero-order valence-electron chi connectivity index (χ0n) is 20.2. The fourth-order valence-electron chi connectivity index (χ4n) is 4.86. The number of anilines is 2. The monoisotopic (exact) mass is 539 g/mol. The third-order valence-electron chi connectivity index (χ3n) is 6.73. The zero-order chi connectivity index (χ0) is 26.5. The molecule has 3 aromatic carbocycles. The fraction of sp³-hybridized carbons (Fsp3) is 0.231. The first kappa shape index (κ1) is 25.0. The molecule has 37 heavy (non-hydrogen) atoms. The van der Waals surface area contributed by atoms with Crippen molar-refractivity contribution in [3.05, 3.63) is 100 Å². The molecule has 0 amide bonds. The fourth-order valence-corrected chi connectivity index (χ4v) is 8.22.